The van der Waals surface area contributed by atoms with Crippen molar-refractivity contribution in [1.82, 2.24) is 14.9 Å². The van der Waals surface area contributed by atoms with E-state index in [0.717, 1.165) is 43.7 Å². The fourth-order valence-electron chi connectivity index (χ4n) is 2.12. The van der Waals surface area contributed by atoms with Crippen LogP contribution < -0.4 is 11.4 Å². The van der Waals surface area contributed by atoms with Gasteiger partial charge in [-0.05, 0) is 26.4 Å². The topological polar surface area (TPSA) is 75.0 Å². The molecule has 5 nitrogen and oxygen atoms in total. The molecular weight excluding hydrogens is 204 g/mol. The number of H-pyrrole nitrogens is 1. The Morgan fingerprint density at radius 2 is 2.38 bits per heavy atom. The SMILES string of the molecule is CN1CCc2[nH]c(=O)nc(CCCN)c2C1. The summed E-state index contributed by atoms with van der Waals surface area (Å²) in [4.78, 5) is 20.5. The number of rotatable bonds is 3. The molecule has 0 spiro atoms. The Balaban J connectivity index is 2.35. The average molecular weight is 222 g/mol. The number of likely N-dealkylation sites (N-methyl/N-ethyl adjacent to an activating group) is 1. The highest BCUT2D eigenvalue weighted by Gasteiger charge is 2.18. The highest BCUT2D eigenvalue weighted by molar-refractivity contribution is 5.27. The van der Waals surface area contributed by atoms with E-state index in [1.807, 2.05) is 0 Å². The molecule has 3 N–H and O–H groups in total. The summed E-state index contributed by atoms with van der Waals surface area (Å²) >= 11 is 0. The first-order chi connectivity index (χ1) is 7.70. The second-order valence-electron chi connectivity index (χ2n) is 4.33. The van der Waals surface area contributed by atoms with E-state index >= 15 is 0 Å². The molecule has 0 bridgehead atoms. The number of hydrogen-bond donors (Lipinski definition) is 2. The average Bonchev–Trinajstić information content (AvgIpc) is 2.26. The number of aryl methyl sites for hydroxylation is 1. The van der Waals surface area contributed by atoms with Crippen molar-refractivity contribution in [2.75, 3.05) is 20.1 Å². The van der Waals surface area contributed by atoms with Crippen LogP contribution in [-0.2, 0) is 19.4 Å². The van der Waals surface area contributed by atoms with Gasteiger partial charge in [-0.2, -0.15) is 4.98 Å². The molecule has 16 heavy (non-hydrogen) atoms. The number of nitrogens with one attached hydrogen (secondary N) is 1. The summed E-state index contributed by atoms with van der Waals surface area (Å²) in [6, 6.07) is 0. The van der Waals surface area contributed by atoms with Gasteiger partial charge in [-0.1, -0.05) is 0 Å². The molecule has 88 valence electrons. The van der Waals surface area contributed by atoms with E-state index in [1.165, 1.54) is 5.56 Å². The van der Waals surface area contributed by atoms with Gasteiger partial charge in [0.15, 0.2) is 0 Å². The smallest absolute Gasteiger partial charge is 0.330 e. The van der Waals surface area contributed by atoms with Gasteiger partial charge in [-0.25, -0.2) is 4.79 Å². The van der Waals surface area contributed by atoms with Gasteiger partial charge in [0.2, 0.25) is 0 Å². The monoisotopic (exact) mass is 222 g/mol. The molecule has 0 atom stereocenters. The molecule has 0 radical (unpaired) electrons. The molecule has 0 aromatic carbocycles. The minimum atomic E-state index is -0.227. The van der Waals surface area contributed by atoms with E-state index in [9.17, 15) is 4.79 Å². The second-order valence-corrected chi connectivity index (χ2v) is 4.33. The zero-order chi connectivity index (χ0) is 11.5. The molecule has 0 fully saturated rings. The van der Waals surface area contributed by atoms with Crippen molar-refractivity contribution in [3.05, 3.63) is 27.4 Å². The Hall–Kier alpha value is -1.20. The van der Waals surface area contributed by atoms with Crippen molar-refractivity contribution in [3.63, 3.8) is 0 Å². The molecule has 0 amide bonds. The Bertz CT molecular complexity index is 426. The first-order valence-corrected chi connectivity index (χ1v) is 5.70. The number of aromatic nitrogens is 2. The fraction of sp³-hybridized carbons (Fsp3) is 0.636. The largest absolute Gasteiger partial charge is 0.345 e. The van der Waals surface area contributed by atoms with Crippen molar-refractivity contribution in [2.24, 2.45) is 5.73 Å². The van der Waals surface area contributed by atoms with E-state index in [2.05, 4.69) is 21.9 Å². The van der Waals surface area contributed by atoms with Crippen LogP contribution in [0.5, 0.6) is 0 Å². The predicted molar refractivity (Wildman–Crippen MR) is 62.3 cm³/mol. The molecule has 1 aromatic heterocycles. The van der Waals surface area contributed by atoms with Crippen LogP contribution in [-0.4, -0.2) is 35.0 Å². The second kappa shape index (κ2) is 4.76. The van der Waals surface area contributed by atoms with Crippen LogP contribution in [0.1, 0.15) is 23.4 Å². The van der Waals surface area contributed by atoms with Crippen molar-refractivity contribution < 1.29 is 0 Å². The summed E-state index contributed by atoms with van der Waals surface area (Å²) < 4.78 is 0. The van der Waals surface area contributed by atoms with Crippen LogP contribution in [0.15, 0.2) is 4.79 Å². The zero-order valence-electron chi connectivity index (χ0n) is 9.62. The van der Waals surface area contributed by atoms with Gasteiger partial charge in [-0.3, -0.25) is 0 Å². The highest BCUT2D eigenvalue weighted by Crippen LogP contribution is 2.18. The summed E-state index contributed by atoms with van der Waals surface area (Å²) in [5, 5.41) is 0. The molecular formula is C11H18N4O. The van der Waals surface area contributed by atoms with Crippen molar-refractivity contribution in [1.29, 1.82) is 0 Å². The zero-order valence-corrected chi connectivity index (χ0v) is 9.62. The predicted octanol–water partition coefficient (Wildman–Crippen LogP) is -0.351. The van der Waals surface area contributed by atoms with Gasteiger partial charge >= 0.3 is 5.69 Å². The van der Waals surface area contributed by atoms with Gasteiger partial charge in [-0.15, -0.1) is 0 Å². The van der Waals surface area contributed by atoms with Gasteiger partial charge in [0.25, 0.3) is 0 Å². The lowest BCUT2D eigenvalue weighted by molar-refractivity contribution is 0.306. The van der Waals surface area contributed by atoms with Gasteiger partial charge in [0.05, 0.1) is 5.69 Å². The summed E-state index contributed by atoms with van der Waals surface area (Å²) in [6.45, 7) is 2.50. The number of aromatic amines is 1. The minimum absolute atomic E-state index is 0.227. The fourth-order valence-corrected chi connectivity index (χ4v) is 2.12. The molecule has 2 rings (SSSR count). The Morgan fingerprint density at radius 1 is 1.56 bits per heavy atom. The van der Waals surface area contributed by atoms with Crippen LogP contribution in [0, 0.1) is 0 Å². The standard InChI is InChI=1S/C11H18N4O/c1-15-6-4-10-8(7-15)9(3-2-5-12)13-11(16)14-10/h2-7,12H2,1H3,(H,13,14,16). The number of hydrogen-bond acceptors (Lipinski definition) is 4. The van der Waals surface area contributed by atoms with E-state index < -0.39 is 0 Å². The van der Waals surface area contributed by atoms with Crippen LogP contribution in [0.4, 0.5) is 0 Å². The van der Waals surface area contributed by atoms with E-state index in [1.54, 1.807) is 0 Å². The number of nitrogens with two attached hydrogens (primary N) is 1. The lowest BCUT2D eigenvalue weighted by atomic mass is 10.0. The summed E-state index contributed by atoms with van der Waals surface area (Å²) in [7, 11) is 2.08. The molecule has 1 aliphatic heterocycles. The summed E-state index contributed by atoms with van der Waals surface area (Å²) in [6.07, 6.45) is 2.59. The lowest BCUT2D eigenvalue weighted by Gasteiger charge is -2.25. The summed E-state index contributed by atoms with van der Waals surface area (Å²) in [5.74, 6) is 0. The molecule has 0 saturated carbocycles. The maximum Gasteiger partial charge on any atom is 0.345 e. The molecule has 0 unspecified atom stereocenters. The maximum absolute atomic E-state index is 11.4. The van der Waals surface area contributed by atoms with Crippen LogP contribution in [0.2, 0.25) is 0 Å². The number of nitrogens with zero attached hydrogens (tertiary/aromatic N) is 2. The maximum atomic E-state index is 11.4. The molecule has 1 aliphatic rings. The van der Waals surface area contributed by atoms with Crippen LogP contribution >= 0.6 is 0 Å². The van der Waals surface area contributed by atoms with E-state index in [4.69, 9.17) is 5.73 Å². The highest BCUT2D eigenvalue weighted by atomic mass is 16.1. The Morgan fingerprint density at radius 3 is 3.12 bits per heavy atom. The van der Waals surface area contributed by atoms with Gasteiger partial charge in [0.1, 0.15) is 0 Å². The van der Waals surface area contributed by atoms with Crippen molar-refractivity contribution in [3.8, 4) is 0 Å². The molecule has 5 heteroatoms. The van der Waals surface area contributed by atoms with E-state index in [-0.39, 0.29) is 5.69 Å². The Kier molecular flexibility index (Phi) is 3.36. The molecule has 2 heterocycles. The molecule has 1 aromatic rings. The molecule has 0 aliphatic carbocycles. The van der Waals surface area contributed by atoms with Crippen molar-refractivity contribution in [2.45, 2.75) is 25.8 Å². The third-order valence-electron chi connectivity index (χ3n) is 3.00. The first kappa shape index (κ1) is 11.3. The van der Waals surface area contributed by atoms with Crippen molar-refractivity contribution >= 4 is 0 Å². The Labute approximate surface area is 94.7 Å². The van der Waals surface area contributed by atoms with E-state index in [0.29, 0.717) is 6.54 Å². The van der Waals surface area contributed by atoms with Gasteiger partial charge in [0, 0.05) is 30.8 Å². The first-order valence-electron chi connectivity index (χ1n) is 5.70. The normalized spacial score (nSPS) is 16.1. The third kappa shape index (κ3) is 2.31. The third-order valence-corrected chi connectivity index (χ3v) is 3.00. The minimum Gasteiger partial charge on any atom is -0.330 e. The van der Waals surface area contributed by atoms with Gasteiger partial charge < -0.3 is 15.6 Å². The summed E-state index contributed by atoms with van der Waals surface area (Å²) in [5.41, 5.74) is 8.45. The quantitative estimate of drug-likeness (QED) is 0.733. The molecule has 0 saturated heterocycles. The van der Waals surface area contributed by atoms with Crippen LogP contribution in [0.25, 0.3) is 0 Å². The number of fused-ring (bicyclic) bond motifs is 1. The van der Waals surface area contributed by atoms with Crippen LogP contribution in [0.3, 0.4) is 0 Å². The lowest BCUT2D eigenvalue weighted by Crippen LogP contribution is -2.32.